The fourth-order valence-electron chi connectivity index (χ4n) is 4.82. The molecule has 0 aromatic heterocycles. The maximum absolute atomic E-state index is 13.6. The number of carbonyl (C=O) groups excluding carboxylic acids is 1. The van der Waals surface area contributed by atoms with Crippen molar-refractivity contribution in [1.82, 2.24) is 4.31 Å². The van der Waals surface area contributed by atoms with Crippen LogP contribution >= 0.6 is 12.2 Å². The van der Waals surface area contributed by atoms with Gasteiger partial charge in [-0.3, -0.25) is 4.79 Å². The largest absolute Gasteiger partial charge is 0.421 e. The lowest BCUT2D eigenvalue weighted by atomic mass is 9.95. The van der Waals surface area contributed by atoms with Crippen LogP contribution in [0.5, 0.6) is 0 Å². The van der Waals surface area contributed by atoms with Gasteiger partial charge in [-0.2, -0.15) is 17.5 Å². The highest BCUT2D eigenvalue weighted by Gasteiger charge is 2.51. The van der Waals surface area contributed by atoms with Crippen LogP contribution < -0.4 is 9.80 Å². The molecule has 1 aliphatic heterocycles. The number of aliphatic hydroxyl groups is 1. The van der Waals surface area contributed by atoms with Crippen molar-refractivity contribution in [3.05, 3.63) is 83.0 Å². The quantitative estimate of drug-likeness (QED) is 0.362. The van der Waals surface area contributed by atoms with Crippen LogP contribution in [0.4, 0.5) is 28.9 Å². The molecule has 41 heavy (non-hydrogen) atoms. The van der Waals surface area contributed by atoms with Gasteiger partial charge in [0.25, 0.3) is 0 Å². The molecule has 1 heterocycles. The van der Waals surface area contributed by atoms with Crippen LogP contribution in [-0.4, -0.2) is 67.0 Å². The second kappa shape index (κ2) is 11.6. The first kappa shape index (κ1) is 30.8. The van der Waals surface area contributed by atoms with E-state index in [1.54, 1.807) is 12.2 Å². The van der Waals surface area contributed by atoms with E-state index >= 15 is 0 Å². The minimum absolute atomic E-state index is 0.00159. The van der Waals surface area contributed by atoms with Crippen molar-refractivity contribution in [2.75, 3.05) is 36.0 Å². The number of nitrogens with zero attached hydrogens (tertiary/aromatic N) is 3. The molecule has 0 saturated carbocycles. The average molecular weight is 612 g/mol. The van der Waals surface area contributed by atoms with Crippen molar-refractivity contribution in [1.29, 1.82) is 0 Å². The molecule has 1 amide bonds. The van der Waals surface area contributed by atoms with E-state index in [2.05, 4.69) is 0 Å². The number of sulfonamides is 1. The predicted molar refractivity (Wildman–Crippen MR) is 153 cm³/mol. The molecule has 7 nitrogen and oxygen atoms in total. The van der Waals surface area contributed by atoms with Crippen molar-refractivity contribution < 1.29 is 35.9 Å². The zero-order chi connectivity index (χ0) is 30.2. The fourth-order valence-corrected chi connectivity index (χ4v) is 6.89. The predicted octanol–water partition coefficient (Wildman–Crippen LogP) is 4.68. The van der Waals surface area contributed by atoms with Crippen LogP contribution in [0.3, 0.4) is 0 Å². The molecule has 1 aliphatic carbocycles. The normalized spacial score (nSPS) is 20.0. The van der Waals surface area contributed by atoms with Gasteiger partial charge in [0.1, 0.15) is 5.82 Å². The molecule has 0 spiro atoms. The number of benzene rings is 2. The van der Waals surface area contributed by atoms with E-state index in [9.17, 15) is 35.9 Å². The molecule has 2 atom stereocenters. The molecule has 220 valence electrons. The molecule has 1 unspecified atom stereocenters. The van der Waals surface area contributed by atoms with E-state index in [0.717, 1.165) is 0 Å². The summed E-state index contributed by atoms with van der Waals surface area (Å²) in [5.41, 5.74) is -2.54. The van der Waals surface area contributed by atoms with Gasteiger partial charge >= 0.3 is 6.18 Å². The van der Waals surface area contributed by atoms with Crippen LogP contribution in [0.25, 0.3) is 0 Å². The summed E-state index contributed by atoms with van der Waals surface area (Å²) in [5.74, 6) is -0.858. The monoisotopic (exact) mass is 611 g/mol. The van der Waals surface area contributed by atoms with Gasteiger partial charge in [-0.25, -0.2) is 12.8 Å². The van der Waals surface area contributed by atoms with Crippen molar-refractivity contribution in [3.63, 3.8) is 0 Å². The molecular formula is C28H29F4N3O4S2. The number of amides is 1. The number of rotatable bonds is 7. The molecule has 13 heteroatoms. The van der Waals surface area contributed by atoms with Gasteiger partial charge in [-0.1, -0.05) is 36.5 Å². The Bertz CT molecular complexity index is 1470. The van der Waals surface area contributed by atoms with Gasteiger partial charge in [-0.05, 0) is 55.0 Å². The molecule has 0 bridgehead atoms. The zero-order valence-electron chi connectivity index (χ0n) is 22.3. The standard InChI is InChI=1S/C28H29F4N3O4S2/c1-19(36)35(23-13-9-21(29)10-14-23)18-24-17-33(41(38,39)26-6-4-3-5-25(26)40)15-16-34(24)22-11-7-20(8-12-22)27(2,37)28(30,31)32/h3-4,6-14,24,37H,5,15-18H2,1-2H3/t24-,27?/m1/s1. The zero-order valence-corrected chi connectivity index (χ0v) is 23.9. The molecule has 4 rings (SSSR count). The van der Waals surface area contributed by atoms with E-state index in [-0.39, 0.29) is 47.4 Å². The molecule has 1 fully saturated rings. The summed E-state index contributed by atoms with van der Waals surface area (Å²) in [6.07, 6.45) is 0.266. The van der Waals surface area contributed by atoms with E-state index in [0.29, 0.717) is 24.7 Å². The highest BCUT2D eigenvalue weighted by molar-refractivity contribution is 7.96. The second-order valence-electron chi connectivity index (χ2n) is 10.0. The molecule has 1 N–H and O–H groups in total. The van der Waals surface area contributed by atoms with E-state index in [1.165, 1.54) is 70.7 Å². The van der Waals surface area contributed by atoms with Crippen molar-refractivity contribution in [2.24, 2.45) is 0 Å². The summed E-state index contributed by atoms with van der Waals surface area (Å²) in [4.78, 5) is 16.2. The van der Waals surface area contributed by atoms with Gasteiger partial charge < -0.3 is 14.9 Å². The van der Waals surface area contributed by atoms with Crippen LogP contribution in [0, 0.1) is 5.82 Å². The summed E-state index contributed by atoms with van der Waals surface area (Å²) in [6.45, 7) is 2.15. The third kappa shape index (κ3) is 6.37. The van der Waals surface area contributed by atoms with E-state index in [1.807, 2.05) is 4.90 Å². The first-order chi connectivity index (χ1) is 19.1. The number of alkyl halides is 3. The Balaban J connectivity index is 1.69. The number of allylic oxidation sites excluding steroid dienone is 4. The van der Waals surface area contributed by atoms with Gasteiger partial charge in [0.2, 0.25) is 15.9 Å². The second-order valence-corrected chi connectivity index (χ2v) is 12.4. The minimum Gasteiger partial charge on any atom is -0.376 e. The lowest BCUT2D eigenvalue weighted by Gasteiger charge is -2.44. The third-order valence-corrected chi connectivity index (χ3v) is 9.72. The smallest absolute Gasteiger partial charge is 0.376 e. The highest BCUT2D eigenvalue weighted by Crippen LogP contribution is 2.39. The summed E-state index contributed by atoms with van der Waals surface area (Å²) in [7, 11) is -3.98. The number of thiocarbonyl (C=S) groups is 1. The summed E-state index contributed by atoms with van der Waals surface area (Å²) < 4.78 is 82.2. The summed E-state index contributed by atoms with van der Waals surface area (Å²) in [5, 5.41) is 10.1. The molecular weight excluding hydrogens is 582 g/mol. The number of carbonyl (C=O) groups is 1. The van der Waals surface area contributed by atoms with E-state index < -0.39 is 33.7 Å². The van der Waals surface area contributed by atoms with E-state index in [4.69, 9.17) is 12.2 Å². The maximum atomic E-state index is 13.6. The first-order valence-electron chi connectivity index (χ1n) is 12.7. The number of halogens is 4. The maximum Gasteiger partial charge on any atom is 0.421 e. The number of hydrogen-bond acceptors (Lipinski definition) is 6. The summed E-state index contributed by atoms with van der Waals surface area (Å²) in [6, 6.07) is 9.82. The van der Waals surface area contributed by atoms with Crippen molar-refractivity contribution in [3.8, 4) is 0 Å². The Morgan fingerprint density at radius 1 is 1.10 bits per heavy atom. The van der Waals surface area contributed by atoms with Crippen LogP contribution in [0.2, 0.25) is 0 Å². The number of piperazine rings is 1. The van der Waals surface area contributed by atoms with Crippen molar-refractivity contribution >= 4 is 44.4 Å². The molecule has 2 aromatic carbocycles. The topological polar surface area (TPSA) is 81.2 Å². The Labute approximate surface area is 241 Å². The fraction of sp³-hybridized carbons (Fsp3) is 0.357. The Hall–Kier alpha value is -3.13. The number of hydrogen-bond donors (Lipinski definition) is 1. The van der Waals surface area contributed by atoms with Gasteiger partial charge in [-0.15, -0.1) is 0 Å². The Morgan fingerprint density at radius 3 is 2.29 bits per heavy atom. The average Bonchev–Trinajstić information content (AvgIpc) is 2.91. The van der Waals surface area contributed by atoms with Gasteiger partial charge in [0.05, 0.1) is 10.9 Å². The lowest BCUT2D eigenvalue weighted by Crippen LogP contribution is -2.59. The Morgan fingerprint density at radius 2 is 1.73 bits per heavy atom. The lowest BCUT2D eigenvalue weighted by molar-refractivity contribution is -0.258. The molecule has 2 aliphatic rings. The molecule has 1 saturated heterocycles. The Kier molecular flexibility index (Phi) is 8.74. The highest BCUT2D eigenvalue weighted by atomic mass is 32.2. The van der Waals surface area contributed by atoms with Crippen molar-refractivity contribution in [2.45, 2.75) is 38.1 Å². The van der Waals surface area contributed by atoms with Crippen LogP contribution in [0.1, 0.15) is 25.8 Å². The van der Waals surface area contributed by atoms with Gasteiger partial charge in [0, 0.05) is 55.8 Å². The summed E-state index contributed by atoms with van der Waals surface area (Å²) >= 11 is 5.30. The SMILES string of the molecule is CC(=O)N(C[C@H]1CN(S(=O)(=O)C2=CC=CCC2=S)CCN1c1ccc(C(C)(O)C(F)(F)F)cc1)c1ccc(F)cc1. The van der Waals surface area contributed by atoms with Gasteiger partial charge in [0.15, 0.2) is 5.60 Å². The molecule has 2 aromatic rings. The van der Waals surface area contributed by atoms with Crippen LogP contribution in [-0.2, 0) is 20.4 Å². The van der Waals surface area contributed by atoms with Crippen LogP contribution in [0.15, 0.2) is 71.7 Å². The minimum atomic E-state index is -4.89. The molecule has 0 radical (unpaired) electrons. The first-order valence-corrected chi connectivity index (χ1v) is 14.6. The number of anilines is 2. The third-order valence-electron chi connectivity index (χ3n) is 7.25.